The average molecular weight is 437 g/mol. The van der Waals surface area contributed by atoms with E-state index in [2.05, 4.69) is 27.7 Å². The molecule has 0 amide bonds. The van der Waals surface area contributed by atoms with Gasteiger partial charge in [-0.25, -0.2) is 0 Å². The number of hydrogen-bond acceptors (Lipinski definition) is 4. The fourth-order valence-corrected chi connectivity index (χ4v) is 9.60. The first kappa shape index (κ1) is 23.5. The van der Waals surface area contributed by atoms with E-state index in [-0.39, 0.29) is 47.0 Å². The van der Waals surface area contributed by atoms with Gasteiger partial charge in [0, 0.05) is 6.42 Å². The van der Waals surface area contributed by atoms with Crippen LogP contribution in [0.25, 0.3) is 0 Å². The van der Waals surface area contributed by atoms with Gasteiger partial charge >= 0.3 is 5.97 Å². The summed E-state index contributed by atoms with van der Waals surface area (Å²) in [4.78, 5) is 11.1. The maximum Gasteiger partial charge on any atom is 0.303 e. The first-order valence-electron chi connectivity index (χ1n) is 12.8. The average Bonchev–Trinajstić information content (AvgIpc) is 3.04. The lowest BCUT2D eigenvalue weighted by Crippen LogP contribution is -2.65. The van der Waals surface area contributed by atoms with E-state index in [1.165, 1.54) is 0 Å². The smallest absolute Gasteiger partial charge is 0.303 e. The van der Waals surface area contributed by atoms with E-state index in [0.29, 0.717) is 24.2 Å². The molecule has 0 spiro atoms. The molecule has 0 aromatic rings. The molecule has 4 aliphatic rings. The molecule has 12 atom stereocenters. The van der Waals surface area contributed by atoms with Gasteiger partial charge in [-0.05, 0) is 97.2 Å². The van der Waals surface area contributed by atoms with Gasteiger partial charge < -0.3 is 20.4 Å². The van der Waals surface area contributed by atoms with Gasteiger partial charge in [0.25, 0.3) is 0 Å². The van der Waals surface area contributed by atoms with E-state index < -0.39 is 18.2 Å². The Morgan fingerprint density at radius 1 is 1.06 bits per heavy atom. The summed E-state index contributed by atoms with van der Waals surface area (Å²) in [5.41, 5.74) is -0.0767. The molecule has 0 radical (unpaired) electrons. The van der Waals surface area contributed by atoms with Gasteiger partial charge in [0.2, 0.25) is 0 Å². The van der Waals surface area contributed by atoms with E-state index >= 15 is 0 Å². The van der Waals surface area contributed by atoms with Gasteiger partial charge in [-0.1, -0.05) is 34.1 Å². The number of carboxylic acids is 1. The third kappa shape index (κ3) is 3.58. The molecule has 4 saturated carbocycles. The zero-order valence-corrected chi connectivity index (χ0v) is 19.8. The number of carbonyl (C=O) groups is 1. The zero-order chi connectivity index (χ0) is 22.7. The largest absolute Gasteiger partial charge is 0.481 e. The van der Waals surface area contributed by atoms with Crippen LogP contribution in [0.5, 0.6) is 0 Å². The van der Waals surface area contributed by atoms with Gasteiger partial charge in [-0.3, -0.25) is 4.79 Å². The molecular formula is C26H44O5. The molecule has 5 heteroatoms. The highest BCUT2D eigenvalue weighted by Crippen LogP contribution is 2.69. The van der Waals surface area contributed by atoms with E-state index in [1.807, 2.05) is 0 Å². The summed E-state index contributed by atoms with van der Waals surface area (Å²) in [7, 11) is 0. The molecule has 5 nitrogen and oxygen atoms in total. The third-order valence-electron chi connectivity index (χ3n) is 10.9. The number of aliphatic hydroxyl groups excluding tert-OH is 3. The monoisotopic (exact) mass is 436 g/mol. The molecule has 0 saturated heterocycles. The number of fused-ring (bicyclic) bond motifs is 5. The molecule has 31 heavy (non-hydrogen) atoms. The first-order valence-corrected chi connectivity index (χ1v) is 12.8. The van der Waals surface area contributed by atoms with Crippen molar-refractivity contribution in [2.24, 2.45) is 52.3 Å². The molecule has 4 fully saturated rings. The minimum absolute atomic E-state index is 0.0302. The van der Waals surface area contributed by atoms with Gasteiger partial charge in [0.15, 0.2) is 0 Å². The molecule has 0 aromatic carbocycles. The van der Waals surface area contributed by atoms with Crippen LogP contribution >= 0.6 is 0 Å². The zero-order valence-electron chi connectivity index (χ0n) is 19.8. The molecule has 0 bridgehead atoms. The Kier molecular flexibility index (Phi) is 6.28. The molecule has 0 aliphatic heterocycles. The van der Waals surface area contributed by atoms with Crippen LogP contribution < -0.4 is 0 Å². The van der Waals surface area contributed by atoms with Crippen molar-refractivity contribution in [2.75, 3.05) is 0 Å². The van der Waals surface area contributed by atoms with Crippen LogP contribution in [0.15, 0.2) is 0 Å². The van der Waals surface area contributed by atoms with Crippen LogP contribution in [0.1, 0.15) is 85.5 Å². The SMILES string of the molecule is CC[C@@H]1C2C[C@H](O)CCC2(C)C2C(O)C[C@@]3(C)C(CC[C@@H]3[C@H](C)CCC(=O)O)C2[C@@H]1O. The van der Waals surface area contributed by atoms with Crippen LogP contribution in [-0.2, 0) is 4.79 Å². The summed E-state index contributed by atoms with van der Waals surface area (Å²) >= 11 is 0. The highest BCUT2D eigenvalue weighted by Gasteiger charge is 2.67. The number of rotatable bonds is 5. The maximum absolute atomic E-state index is 11.7. The van der Waals surface area contributed by atoms with Crippen molar-refractivity contribution < 1.29 is 25.2 Å². The van der Waals surface area contributed by atoms with Crippen molar-refractivity contribution >= 4 is 5.97 Å². The van der Waals surface area contributed by atoms with E-state index in [4.69, 9.17) is 5.11 Å². The van der Waals surface area contributed by atoms with Gasteiger partial charge in [0.05, 0.1) is 18.3 Å². The summed E-state index contributed by atoms with van der Waals surface area (Å²) in [5, 5.41) is 42.9. The lowest BCUT2D eigenvalue weighted by Gasteiger charge is -2.66. The molecule has 6 unspecified atom stereocenters. The third-order valence-corrected chi connectivity index (χ3v) is 10.9. The Bertz CT molecular complexity index is 681. The van der Waals surface area contributed by atoms with Crippen LogP contribution in [0, 0.1) is 52.3 Å². The Morgan fingerprint density at radius 2 is 1.77 bits per heavy atom. The van der Waals surface area contributed by atoms with E-state index in [0.717, 1.165) is 44.9 Å². The van der Waals surface area contributed by atoms with E-state index in [1.54, 1.807) is 0 Å². The predicted molar refractivity (Wildman–Crippen MR) is 119 cm³/mol. The van der Waals surface area contributed by atoms with Crippen molar-refractivity contribution in [3.05, 3.63) is 0 Å². The predicted octanol–water partition coefficient (Wildman–Crippen LogP) is 4.08. The Hall–Kier alpha value is -0.650. The van der Waals surface area contributed by atoms with Gasteiger partial charge in [-0.2, -0.15) is 0 Å². The lowest BCUT2D eigenvalue weighted by atomic mass is 9.40. The molecule has 0 aromatic heterocycles. The fraction of sp³-hybridized carbons (Fsp3) is 0.962. The molecule has 4 aliphatic carbocycles. The quantitative estimate of drug-likeness (QED) is 0.520. The normalized spacial score (nSPS) is 52.7. The molecule has 4 N–H and O–H groups in total. The van der Waals surface area contributed by atoms with Crippen LogP contribution in [0.2, 0.25) is 0 Å². The second-order valence-corrected chi connectivity index (χ2v) is 12.2. The van der Waals surface area contributed by atoms with Crippen molar-refractivity contribution in [1.82, 2.24) is 0 Å². The fourth-order valence-electron chi connectivity index (χ4n) is 9.60. The summed E-state index contributed by atoms with van der Waals surface area (Å²) in [6.45, 7) is 9.01. The van der Waals surface area contributed by atoms with Crippen LogP contribution in [-0.4, -0.2) is 44.7 Å². The van der Waals surface area contributed by atoms with Crippen molar-refractivity contribution in [3.8, 4) is 0 Å². The minimum Gasteiger partial charge on any atom is -0.481 e. The lowest BCUT2D eigenvalue weighted by molar-refractivity contribution is -0.235. The number of hydrogen-bond donors (Lipinski definition) is 4. The highest BCUT2D eigenvalue weighted by molar-refractivity contribution is 5.66. The summed E-state index contributed by atoms with van der Waals surface area (Å²) in [6, 6.07) is 0. The second-order valence-electron chi connectivity index (χ2n) is 12.2. The number of aliphatic hydroxyl groups is 3. The van der Waals surface area contributed by atoms with Crippen molar-refractivity contribution in [1.29, 1.82) is 0 Å². The van der Waals surface area contributed by atoms with Crippen LogP contribution in [0.4, 0.5) is 0 Å². The highest BCUT2D eigenvalue weighted by atomic mass is 16.4. The summed E-state index contributed by atoms with van der Waals surface area (Å²) in [5.74, 6) is 1.00. The minimum atomic E-state index is -0.734. The van der Waals surface area contributed by atoms with Crippen molar-refractivity contribution in [3.63, 3.8) is 0 Å². The Morgan fingerprint density at radius 3 is 2.42 bits per heavy atom. The standard InChI is InChI=1S/C26H44O5/c1-5-16-19-12-15(27)10-11-25(19,3)23-20(28)13-26(4)17(14(2)6-9-21(29)30)7-8-18(26)22(23)24(16)31/h14-20,22-24,27-28,31H,5-13H2,1-4H3,(H,29,30)/t14-,15-,16-,17-,18?,19?,20?,22?,23?,24-,25?,26-/m1/s1. The Balaban J connectivity index is 1.66. The summed E-state index contributed by atoms with van der Waals surface area (Å²) in [6.07, 6.45) is 6.04. The molecule has 4 rings (SSSR count). The second kappa shape index (κ2) is 8.29. The van der Waals surface area contributed by atoms with Gasteiger partial charge in [-0.15, -0.1) is 0 Å². The molecule has 178 valence electrons. The van der Waals surface area contributed by atoms with Crippen LogP contribution in [0.3, 0.4) is 0 Å². The molecular weight excluding hydrogens is 392 g/mol. The van der Waals surface area contributed by atoms with Crippen molar-refractivity contribution in [2.45, 2.75) is 104 Å². The van der Waals surface area contributed by atoms with E-state index in [9.17, 15) is 20.1 Å². The Labute approximate surface area is 187 Å². The van der Waals surface area contributed by atoms with Gasteiger partial charge in [0.1, 0.15) is 0 Å². The topological polar surface area (TPSA) is 98.0 Å². The first-order chi connectivity index (χ1) is 14.5. The maximum atomic E-state index is 11.7. The number of carboxylic acid groups (broad SMARTS) is 1. The number of aliphatic carboxylic acids is 1. The molecule has 0 heterocycles. The summed E-state index contributed by atoms with van der Waals surface area (Å²) < 4.78 is 0.